The van der Waals surface area contributed by atoms with Crippen LogP contribution in [0.1, 0.15) is 0 Å². The predicted octanol–water partition coefficient (Wildman–Crippen LogP) is 1.29. The second-order valence-electron chi connectivity index (χ2n) is 2.64. The van der Waals surface area contributed by atoms with Crippen molar-refractivity contribution in [1.29, 1.82) is 0 Å². The lowest BCUT2D eigenvalue weighted by Crippen LogP contribution is -2.16. The van der Waals surface area contributed by atoms with Gasteiger partial charge in [0.2, 0.25) is 21.9 Å². The molecular weight excluding hydrogens is 226 g/mol. The van der Waals surface area contributed by atoms with Crippen LogP contribution in [0.4, 0.5) is 14.5 Å². The summed E-state index contributed by atoms with van der Waals surface area (Å²) in [5, 5.41) is 0. The van der Waals surface area contributed by atoms with Crippen LogP contribution in [0.3, 0.4) is 0 Å². The quantitative estimate of drug-likeness (QED) is 0.630. The number of nitrogens with one attached hydrogen (secondary N) is 1. The van der Waals surface area contributed by atoms with Crippen molar-refractivity contribution < 1.29 is 17.2 Å². The fraction of sp³-hybridized carbons (Fsp3) is 0.125. The van der Waals surface area contributed by atoms with Crippen molar-refractivity contribution in [3.63, 3.8) is 0 Å². The van der Waals surface area contributed by atoms with E-state index >= 15 is 0 Å². The Morgan fingerprint density at radius 1 is 1.47 bits per heavy atom. The first-order valence-corrected chi connectivity index (χ1v) is 5.53. The number of anilines is 1. The van der Waals surface area contributed by atoms with Crippen molar-refractivity contribution in [3.05, 3.63) is 36.7 Å². The van der Waals surface area contributed by atoms with E-state index in [0.29, 0.717) is 0 Å². The highest BCUT2D eigenvalue weighted by Crippen LogP contribution is 2.13. The molecule has 0 aromatic carbocycles. The zero-order valence-electron chi connectivity index (χ0n) is 7.57. The fourth-order valence-electron chi connectivity index (χ4n) is 0.853. The van der Waals surface area contributed by atoms with Crippen molar-refractivity contribution >= 4 is 15.7 Å². The minimum atomic E-state index is -3.69. The number of nitrogens with zero attached hydrogens (tertiary/aromatic N) is 1. The molecule has 0 spiro atoms. The normalized spacial score (nSPS) is 11.1. The van der Waals surface area contributed by atoms with Gasteiger partial charge in [-0.1, -0.05) is 6.08 Å². The summed E-state index contributed by atoms with van der Waals surface area (Å²) in [6.45, 7) is 3.24. The van der Waals surface area contributed by atoms with Crippen LogP contribution in [0.15, 0.2) is 24.8 Å². The zero-order chi connectivity index (χ0) is 11.5. The molecule has 0 aliphatic heterocycles. The van der Waals surface area contributed by atoms with Crippen LogP contribution in [0.5, 0.6) is 0 Å². The maximum absolute atomic E-state index is 12.9. The SMILES string of the molecule is C=CCS(=O)(=O)Nc1ccc(F)nc1F. The summed E-state index contributed by atoms with van der Waals surface area (Å²) in [6, 6.07) is 1.81. The van der Waals surface area contributed by atoms with Gasteiger partial charge >= 0.3 is 0 Å². The second-order valence-corrected chi connectivity index (χ2v) is 4.41. The molecular formula is C8H8F2N2O2S. The van der Waals surface area contributed by atoms with E-state index in [0.717, 1.165) is 18.2 Å². The summed E-state index contributed by atoms with van der Waals surface area (Å²) < 4.78 is 49.5. The van der Waals surface area contributed by atoms with Crippen molar-refractivity contribution in [2.75, 3.05) is 10.5 Å². The molecule has 0 aliphatic rings. The van der Waals surface area contributed by atoms with Crippen LogP contribution < -0.4 is 4.72 Å². The molecule has 1 aromatic rings. The number of aromatic nitrogens is 1. The number of sulfonamides is 1. The van der Waals surface area contributed by atoms with Gasteiger partial charge in [-0.05, 0) is 12.1 Å². The molecule has 0 fully saturated rings. The molecule has 1 aromatic heterocycles. The van der Waals surface area contributed by atoms with E-state index < -0.39 is 27.6 Å². The van der Waals surface area contributed by atoms with Gasteiger partial charge in [0.15, 0.2) is 0 Å². The fourth-order valence-corrected chi connectivity index (χ4v) is 1.73. The maximum Gasteiger partial charge on any atom is 0.239 e. The van der Waals surface area contributed by atoms with Gasteiger partial charge < -0.3 is 0 Å². The largest absolute Gasteiger partial charge is 0.279 e. The van der Waals surface area contributed by atoms with E-state index in [1.54, 1.807) is 0 Å². The van der Waals surface area contributed by atoms with E-state index in [9.17, 15) is 17.2 Å². The van der Waals surface area contributed by atoms with Crippen molar-refractivity contribution in [3.8, 4) is 0 Å². The van der Waals surface area contributed by atoms with Gasteiger partial charge in [-0.15, -0.1) is 6.58 Å². The lowest BCUT2D eigenvalue weighted by atomic mass is 10.4. The Labute approximate surface area is 85.7 Å². The van der Waals surface area contributed by atoms with Crippen LogP contribution in [0.2, 0.25) is 0 Å². The summed E-state index contributed by atoms with van der Waals surface area (Å²) >= 11 is 0. The van der Waals surface area contributed by atoms with Gasteiger partial charge in [-0.3, -0.25) is 4.72 Å². The summed E-state index contributed by atoms with van der Waals surface area (Å²) in [5.41, 5.74) is -0.391. The lowest BCUT2D eigenvalue weighted by molar-refractivity contribution is 0.515. The van der Waals surface area contributed by atoms with Crippen molar-refractivity contribution in [1.82, 2.24) is 4.98 Å². The first-order chi connectivity index (χ1) is 6.94. The van der Waals surface area contributed by atoms with Gasteiger partial charge in [0, 0.05) is 0 Å². The molecule has 15 heavy (non-hydrogen) atoms. The lowest BCUT2D eigenvalue weighted by Gasteiger charge is -2.05. The molecule has 0 radical (unpaired) electrons. The third-order valence-corrected chi connectivity index (χ3v) is 2.62. The molecule has 0 atom stereocenters. The Balaban J connectivity index is 2.95. The van der Waals surface area contributed by atoms with E-state index in [1.165, 1.54) is 0 Å². The standard InChI is InChI=1S/C8H8F2N2O2S/c1-2-5-15(13,14)12-6-3-4-7(9)11-8(6)10/h2-4,12H,1,5H2. The average Bonchev–Trinajstić information content (AvgIpc) is 2.09. The molecule has 0 amide bonds. The molecule has 1 heterocycles. The number of pyridine rings is 1. The first-order valence-electron chi connectivity index (χ1n) is 3.88. The molecule has 82 valence electrons. The Hall–Kier alpha value is -1.50. The van der Waals surface area contributed by atoms with Gasteiger partial charge in [0.05, 0.1) is 5.75 Å². The molecule has 7 heteroatoms. The highest BCUT2D eigenvalue weighted by atomic mass is 32.2. The number of rotatable bonds is 4. The van der Waals surface area contributed by atoms with Crippen LogP contribution >= 0.6 is 0 Å². The van der Waals surface area contributed by atoms with Gasteiger partial charge in [0.1, 0.15) is 5.69 Å². The smallest absolute Gasteiger partial charge is 0.239 e. The molecule has 1 N–H and O–H groups in total. The van der Waals surface area contributed by atoms with E-state index in [2.05, 4.69) is 11.6 Å². The van der Waals surface area contributed by atoms with Crippen LogP contribution in [-0.2, 0) is 10.0 Å². The topological polar surface area (TPSA) is 59.1 Å². The first kappa shape index (κ1) is 11.6. The monoisotopic (exact) mass is 234 g/mol. The molecule has 0 unspecified atom stereocenters. The van der Waals surface area contributed by atoms with Crippen molar-refractivity contribution in [2.45, 2.75) is 0 Å². The Bertz CT molecular complexity index is 474. The Kier molecular flexibility index (Phi) is 3.35. The van der Waals surface area contributed by atoms with E-state index in [-0.39, 0.29) is 5.75 Å². The van der Waals surface area contributed by atoms with Crippen LogP contribution in [-0.4, -0.2) is 19.2 Å². The van der Waals surface area contributed by atoms with Crippen LogP contribution in [0.25, 0.3) is 0 Å². The van der Waals surface area contributed by atoms with E-state index in [1.807, 2.05) is 4.72 Å². The van der Waals surface area contributed by atoms with Gasteiger partial charge in [0.25, 0.3) is 0 Å². The molecule has 0 saturated heterocycles. The zero-order valence-corrected chi connectivity index (χ0v) is 8.39. The highest BCUT2D eigenvalue weighted by molar-refractivity contribution is 7.92. The third-order valence-electron chi connectivity index (χ3n) is 1.42. The molecule has 4 nitrogen and oxygen atoms in total. The second kappa shape index (κ2) is 4.35. The van der Waals surface area contributed by atoms with E-state index in [4.69, 9.17) is 0 Å². The van der Waals surface area contributed by atoms with Crippen LogP contribution in [0, 0.1) is 11.9 Å². The molecule has 0 aliphatic carbocycles. The number of hydrogen-bond acceptors (Lipinski definition) is 3. The van der Waals surface area contributed by atoms with Crippen molar-refractivity contribution in [2.24, 2.45) is 0 Å². The Morgan fingerprint density at radius 2 is 2.13 bits per heavy atom. The minimum absolute atomic E-state index is 0.357. The maximum atomic E-state index is 12.9. The summed E-state index contributed by atoms with van der Waals surface area (Å²) in [4.78, 5) is 2.83. The third kappa shape index (κ3) is 3.28. The molecule has 0 bridgehead atoms. The summed E-state index contributed by atoms with van der Waals surface area (Å²) in [6.07, 6.45) is 1.15. The number of halogens is 2. The Morgan fingerprint density at radius 3 is 2.67 bits per heavy atom. The van der Waals surface area contributed by atoms with Gasteiger partial charge in [-0.25, -0.2) is 8.42 Å². The molecule has 1 rings (SSSR count). The molecule has 0 saturated carbocycles. The van der Waals surface area contributed by atoms with Gasteiger partial charge in [-0.2, -0.15) is 13.8 Å². The predicted molar refractivity (Wildman–Crippen MR) is 51.8 cm³/mol. The summed E-state index contributed by atoms with van der Waals surface area (Å²) in [7, 11) is -3.69. The minimum Gasteiger partial charge on any atom is -0.279 e. The highest BCUT2D eigenvalue weighted by Gasteiger charge is 2.12. The summed E-state index contributed by atoms with van der Waals surface area (Å²) in [5.74, 6) is -2.58. The number of hydrogen-bond donors (Lipinski definition) is 1. The average molecular weight is 234 g/mol.